The van der Waals surface area contributed by atoms with Crippen LogP contribution in [0.4, 0.5) is 14.5 Å². The first kappa shape index (κ1) is 21.7. The van der Waals surface area contributed by atoms with E-state index in [1.807, 2.05) is 33.2 Å². The molecule has 1 heterocycles. The molecule has 160 valence electrons. The van der Waals surface area contributed by atoms with E-state index in [0.29, 0.717) is 17.7 Å². The molecule has 3 rings (SSSR count). The number of aromatic nitrogens is 1. The highest BCUT2D eigenvalue weighted by molar-refractivity contribution is 6.03. The zero-order valence-electron chi connectivity index (χ0n) is 17.7. The molecule has 30 heavy (non-hydrogen) atoms. The van der Waals surface area contributed by atoms with Gasteiger partial charge in [-0.05, 0) is 55.4 Å². The number of aryl methyl sites for hydroxylation is 1. The van der Waals surface area contributed by atoms with Gasteiger partial charge in [-0.15, -0.1) is 0 Å². The van der Waals surface area contributed by atoms with Crippen molar-refractivity contribution in [3.05, 3.63) is 58.9 Å². The van der Waals surface area contributed by atoms with E-state index in [4.69, 9.17) is 10.7 Å². The molecule has 6 nitrogen and oxygen atoms in total. The Hall–Kier alpha value is -3.03. The summed E-state index contributed by atoms with van der Waals surface area (Å²) in [5.41, 5.74) is 7.71. The predicted molar refractivity (Wildman–Crippen MR) is 113 cm³/mol. The zero-order chi connectivity index (χ0) is 22.1. The summed E-state index contributed by atoms with van der Waals surface area (Å²) >= 11 is 0. The second-order valence-electron chi connectivity index (χ2n) is 8.12. The van der Waals surface area contributed by atoms with E-state index in [-0.39, 0.29) is 5.92 Å². The van der Waals surface area contributed by atoms with Gasteiger partial charge in [-0.1, -0.05) is 13.0 Å². The maximum atomic E-state index is 13.9. The van der Waals surface area contributed by atoms with Gasteiger partial charge in [-0.2, -0.15) is 0 Å². The van der Waals surface area contributed by atoms with Gasteiger partial charge in [0.05, 0.1) is 11.7 Å². The fourth-order valence-electron chi connectivity index (χ4n) is 3.77. The monoisotopic (exact) mass is 415 g/mol. The molecular formula is C22H27F2N5O. The lowest BCUT2D eigenvalue weighted by molar-refractivity contribution is 0.101. The molecule has 1 aliphatic rings. The Labute approximate surface area is 175 Å². The lowest BCUT2D eigenvalue weighted by Gasteiger charge is -2.33. The highest BCUT2D eigenvalue weighted by Crippen LogP contribution is 2.42. The second kappa shape index (κ2) is 8.38. The summed E-state index contributed by atoms with van der Waals surface area (Å²) < 4.78 is 27.0. The number of benzene rings is 1. The van der Waals surface area contributed by atoms with Crippen molar-refractivity contribution in [2.75, 3.05) is 19.4 Å². The topological polar surface area (TPSA) is 83.6 Å². The van der Waals surface area contributed by atoms with Crippen LogP contribution in [0.15, 0.2) is 35.5 Å². The van der Waals surface area contributed by atoms with E-state index in [2.05, 4.69) is 17.2 Å². The third-order valence-corrected chi connectivity index (χ3v) is 5.78. The first-order chi connectivity index (χ1) is 14.1. The summed E-state index contributed by atoms with van der Waals surface area (Å²) in [6, 6.07) is 6.23. The molecule has 1 aliphatic carbocycles. The molecule has 3 N–H and O–H groups in total. The molecule has 2 aromatic rings. The number of fused-ring (bicyclic) bond motifs is 1. The van der Waals surface area contributed by atoms with E-state index in [9.17, 15) is 13.6 Å². The van der Waals surface area contributed by atoms with Gasteiger partial charge in [0.25, 0.3) is 5.91 Å². The van der Waals surface area contributed by atoms with Crippen LogP contribution in [0.2, 0.25) is 0 Å². The molecule has 2 atom stereocenters. The molecule has 0 radical (unpaired) electrons. The molecule has 8 heteroatoms. The van der Waals surface area contributed by atoms with Crippen LogP contribution in [0.25, 0.3) is 0 Å². The lowest BCUT2D eigenvalue weighted by atomic mass is 9.79. The average Bonchev–Trinajstić information content (AvgIpc) is 2.79. The number of carbonyl (C=O) groups excluding carboxylic acids is 1. The summed E-state index contributed by atoms with van der Waals surface area (Å²) in [4.78, 5) is 22.7. The van der Waals surface area contributed by atoms with E-state index in [1.165, 1.54) is 0 Å². The number of rotatable bonds is 3. The Bertz CT molecular complexity index is 991. The minimum atomic E-state index is -1.01. The van der Waals surface area contributed by atoms with Crippen LogP contribution in [-0.4, -0.2) is 35.8 Å². The Balaban J connectivity index is 2.00. The van der Waals surface area contributed by atoms with Crippen molar-refractivity contribution in [3.8, 4) is 0 Å². The number of hydrogen-bond donors (Lipinski definition) is 2. The number of nitrogens with zero attached hydrogens (tertiary/aromatic N) is 3. The molecule has 0 unspecified atom stereocenters. The number of anilines is 1. The van der Waals surface area contributed by atoms with Crippen molar-refractivity contribution >= 4 is 17.6 Å². The number of pyridine rings is 1. The van der Waals surface area contributed by atoms with Crippen LogP contribution in [0.3, 0.4) is 0 Å². The van der Waals surface area contributed by atoms with E-state index in [0.717, 1.165) is 36.6 Å². The van der Waals surface area contributed by atoms with Gasteiger partial charge in [-0.25, -0.2) is 18.8 Å². The van der Waals surface area contributed by atoms with Crippen LogP contribution in [0.1, 0.15) is 48.3 Å². The number of hydrogen-bond acceptors (Lipinski definition) is 3. The smallest absolute Gasteiger partial charge is 0.277 e. The minimum absolute atomic E-state index is 0.222. The first-order valence-corrected chi connectivity index (χ1v) is 9.90. The predicted octanol–water partition coefficient (Wildman–Crippen LogP) is 3.68. The Morgan fingerprint density at radius 3 is 2.73 bits per heavy atom. The summed E-state index contributed by atoms with van der Waals surface area (Å²) in [5, 5.41) is 2.66. The van der Waals surface area contributed by atoms with Gasteiger partial charge >= 0.3 is 0 Å². The number of guanidine groups is 1. The van der Waals surface area contributed by atoms with Gasteiger partial charge in [0, 0.05) is 25.8 Å². The second-order valence-corrected chi connectivity index (χ2v) is 8.12. The number of nitrogens with two attached hydrogens (primary N) is 1. The summed E-state index contributed by atoms with van der Waals surface area (Å²) in [6.07, 6.45) is 3.72. The molecule has 0 fully saturated rings. The highest BCUT2D eigenvalue weighted by atomic mass is 19.1. The van der Waals surface area contributed by atoms with Gasteiger partial charge in [-0.3, -0.25) is 4.79 Å². The highest BCUT2D eigenvalue weighted by Gasteiger charge is 2.37. The third kappa shape index (κ3) is 4.27. The van der Waals surface area contributed by atoms with Crippen molar-refractivity contribution in [3.63, 3.8) is 0 Å². The Kier molecular flexibility index (Phi) is 6.05. The summed E-state index contributed by atoms with van der Waals surface area (Å²) in [5.74, 6) is -1.95. The standard InChI is InChI=1S/C22H27F2N5O/c1-13-6-5-7-14-8-9-16(11-17(14)22(13,2)28-21(25)29(3)4)27-20(30)19-18(24)10-15(23)12-26-19/h8-13H,5-7H2,1-4H3,(H2,25,28)(H,27,30)/t13-,22-/m0/s1. The van der Waals surface area contributed by atoms with Crippen LogP contribution in [-0.2, 0) is 12.0 Å². The molecule has 1 aromatic heterocycles. The fourth-order valence-corrected chi connectivity index (χ4v) is 3.77. The van der Waals surface area contributed by atoms with E-state index in [1.54, 1.807) is 11.0 Å². The molecule has 1 aromatic carbocycles. The first-order valence-electron chi connectivity index (χ1n) is 9.90. The van der Waals surface area contributed by atoms with Crippen molar-refractivity contribution in [2.45, 2.75) is 38.6 Å². The summed E-state index contributed by atoms with van der Waals surface area (Å²) in [6.45, 7) is 4.19. The summed E-state index contributed by atoms with van der Waals surface area (Å²) in [7, 11) is 3.68. The van der Waals surface area contributed by atoms with Crippen molar-refractivity contribution in [1.29, 1.82) is 0 Å². The molecule has 0 spiro atoms. The Morgan fingerprint density at radius 2 is 2.07 bits per heavy atom. The zero-order valence-corrected chi connectivity index (χ0v) is 17.7. The SMILES string of the molecule is C[C@H]1CCCc2ccc(NC(=O)c3ncc(F)cc3F)cc2[C@@]1(C)N=C(N)N(C)C. The van der Waals surface area contributed by atoms with Crippen molar-refractivity contribution in [2.24, 2.45) is 16.6 Å². The Morgan fingerprint density at radius 1 is 1.33 bits per heavy atom. The normalized spacial score (nSPS) is 21.5. The third-order valence-electron chi connectivity index (χ3n) is 5.78. The molecule has 0 saturated heterocycles. The maximum absolute atomic E-state index is 13.9. The maximum Gasteiger partial charge on any atom is 0.277 e. The molecule has 0 bridgehead atoms. The minimum Gasteiger partial charge on any atom is -0.370 e. The van der Waals surface area contributed by atoms with Crippen LogP contribution < -0.4 is 11.1 Å². The van der Waals surface area contributed by atoms with Gasteiger partial charge in [0.2, 0.25) is 0 Å². The van der Waals surface area contributed by atoms with Gasteiger partial charge < -0.3 is 16.0 Å². The largest absolute Gasteiger partial charge is 0.370 e. The van der Waals surface area contributed by atoms with Crippen molar-refractivity contribution < 1.29 is 13.6 Å². The van der Waals surface area contributed by atoms with E-state index >= 15 is 0 Å². The van der Waals surface area contributed by atoms with Gasteiger partial charge in [0.15, 0.2) is 17.5 Å². The number of nitrogens with one attached hydrogen (secondary N) is 1. The van der Waals surface area contributed by atoms with Crippen LogP contribution in [0.5, 0.6) is 0 Å². The lowest BCUT2D eigenvalue weighted by Crippen LogP contribution is -2.37. The molecular weight excluding hydrogens is 388 g/mol. The quantitative estimate of drug-likeness (QED) is 0.455. The molecule has 0 aliphatic heterocycles. The van der Waals surface area contributed by atoms with Crippen LogP contribution >= 0.6 is 0 Å². The number of carbonyl (C=O) groups is 1. The number of aliphatic imine (C=N–C) groups is 1. The van der Waals surface area contributed by atoms with Gasteiger partial charge in [0.1, 0.15) is 5.82 Å². The average molecular weight is 415 g/mol. The van der Waals surface area contributed by atoms with Crippen molar-refractivity contribution in [1.82, 2.24) is 9.88 Å². The molecule has 1 amide bonds. The molecule has 0 saturated carbocycles. The fraction of sp³-hybridized carbons (Fsp3) is 0.409. The van der Waals surface area contributed by atoms with Crippen LogP contribution in [0, 0.1) is 17.6 Å². The van der Waals surface area contributed by atoms with E-state index < -0.39 is 28.8 Å². The number of halogens is 2. The number of amides is 1.